The Labute approximate surface area is 146 Å². The number of para-hydroxylation sites is 1. The fraction of sp³-hybridized carbons (Fsp3) is 0.389. The molecule has 0 fully saturated rings. The Morgan fingerprint density at radius 3 is 2.54 bits per heavy atom. The van der Waals surface area contributed by atoms with E-state index in [4.69, 9.17) is 0 Å². The van der Waals surface area contributed by atoms with Gasteiger partial charge < -0.3 is 5.32 Å². The Morgan fingerprint density at radius 2 is 1.88 bits per heavy atom. The summed E-state index contributed by atoms with van der Waals surface area (Å²) in [5.74, 6) is -0.201. The van der Waals surface area contributed by atoms with Crippen LogP contribution in [0, 0.1) is 13.8 Å². The van der Waals surface area contributed by atoms with Crippen molar-refractivity contribution in [2.24, 2.45) is 0 Å². The van der Waals surface area contributed by atoms with E-state index >= 15 is 0 Å². The van der Waals surface area contributed by atoms with E-state index in [-0.39, 0.29) is 17.2 Å². The summed E-state index contributed by atoms with van der Waals surface area (Å²) < 4.78 is 0. The molecule has 0 unspecified atom stereocenters. The normalized spacial score (nSPS) is 11.4. The molecule has 0 aliphatic rings. The van der Waals surface area contributed by atoms with Crippen LogP contribution in [0.2, 0.25) is 0 Å². The first-order chi connectivity index (χ1) is 11.2. The molecule has 5 nitrogen and oxygen atoms in total. The van der Waals surface area contributed by atoms with Crippen molar-refractivity contribution in [3.05, 3.63) is 35.4 Å². The molecule has 3 amide bonds. The van der Waals surface area contributed by atoms with Crippen LogP contribution in [0.1, 0.15) is 31.9 Å². The zero-order chi connectivity index (χ0) is 17.9. The maximum atomic E-state index is 11.9. The fourth-order valence-electron chi connectivity index (χ4n) is 2.28. The molecule has 128 valence electrons. The monoisotopic (exact) mass is 345 g/mol. The Hall–Kier alpha value is -2.08. The van der Waals surface area contributed by atoms with Gasteiger partial charge in [0.25, 0.3) is 0 Å². The number of carbonyl (C=O) groups excluding carboxylic acids is 2. The summed E-state index contributed by atoms with van der Waals surface area (Å²) in [6.45, 7) is 9.62. The Balaban J connectivity index is 2.02. The molecule has 1 aromatic carbocycles. The molecule has 0 saturated heterocycles. The van der Waals surface area contributed by atoms with Crippen molar-refractivity contribution >= 4 is 34.6 Å². The number of fused-ring (bicyclic) bond motifs is 1. The van der Waals surface area contributed by atoms with Crippen LogP contribution in [0.4, 0.5) is 4.79 Å². The van der Waals surface area contributed by atoms with Crippen molar-refractivity contribution in [2.75, 3.05) is 5.75 Å². The number of aryl methyl sites for hydroxylation is 2. The SMILES string of the molecule is Cc1cc(SCC(=O)NC(=O)NC(C)(C)C)nc2c(C)cccc12. The summed E-state index contributed by atoms with van der Waals surface area (Å²) in [6, 6.07) is 7.57. The summed E-state index contributed by atoms with van der Waals surface area (Å²) >= 11 is 1.32. The van der Waals surface area contributed by atoms with Crippen molar-refractivity contribution in [3.8, 4) is 0 Å². The fourth-order valence-corrected chi connectivity index (χ4v) is 3.05. The minimum absolute atomic E-state index is 0.140. The number of thioether (sulfide) groups is 1. The van der Waals surface area contributed by atoms with Gasteiger partial charge in [0.15, 0.2) is 0 Å². The lowest BCUT2D eigenvalue weighted by Crippen LogP contribution is -2.48. The van der Waals surface area contributed by atoms with E-state index in [0.717, 1.165) is 27.1 Å². The number of nitrogens with zero attached hydrogens (tertiary/aromatic N) is 1. The highest BCUT2D eigenvalue weighted by atomic mass is 32.2. The Morgan fingerprint density at radius 1 is 1.17 bits per heavy atom. The molecule has 0 bridgehead atoms. The molecule has 1 heterocycles. The van der Waals surface area contributed by atoms with Gasteiger partial charge in [-0.3, -0.25) is 10.1 Å². The molecular formula is C18H23N3O2S. The van der Waals surface area contributed by atoms with Crippen molar-refractivity contribution in [1.29, 1.82) is 0 Å². The highest BCUT2D eigenvalue weighted by Gasteiger charge is 2.16. The van der Waals surface area contributed by atoms with Gasteiger partial charge in [0.1, 0.15) is 0 Å². The molecule has 24 heavy (non-hydrogen) atoms. The third-order valence-electron chi connectivity index (χ3n) is 3.32. The van der Waals surface area contributed by atoms with E-state index in [1.165, 1.54) is 11.8 Å². The highest BCUT2D eigenvalue weighted by Crippen LogP contribution is 2.25. The molecule has 6 heteroatoms. The first-order valence-electron chi connectivity index (χ1n) is 7.77. The van der Waals surface area contributed by atoms with Crippen LogP contribution in [-0.4, -0.2) is 28.2 Å². The van der Waals surface area contributed by atoms with Crippen molar-refractivity contribution in [1.82, 2.24) is 15.6 Å². The maximum Gasteiger partial charge on any atom is 0.321 e. The highest BCUT2D eigenvalue weighted by molar-refractivity contribution is 7.99. The summed E-state index contributed by atoms with van der Waals surface area (Å²) in [5, 5.41) is 6.92. The van der Waals surface area contributed by atoms with Gasteiger partial charge in [-0.15, -0.1) is 0 Å². The average molecular weight is 345 g/mol. The predicted octanol–water partition coefficient (Wildman–Crippen LogP) is 3.57. The lowest BCUT2D eigenvalue weighted by molar-refractivity contribution is -0.117. The van der Waals surface area contributed by atoms with Crippen LogP contribution in [0.5, 0.6) is 0 Å². The van der Waals surface area contributed by atoms with Gasteiger partial charge in [0.05, 0.1) is 16.3 Å². The number of carbonyl (C=O) groups is 2. The molecule has 2 aromatic rings. The molecule has 0 aliphatic carbocycles. The molecule has 0 saturated carbocycles. The number of imide groups is 1. The van der Waals surface area contributed by atoms with E-state index < -0.39 is 6.03 Å². The molecule has 0 aliphatic heterocycles. The number of aromatic nitrogens is 1. The third-order valence-corrected chi connectivity index (χ3v) is 4.23. The number of hydrogen-bond donors (Lipinski definition) is 2. The van der Waals surface area contributed by atoms with Crippen LogP contribution in [0.15, 0.2) is 29.3 Å². The van der Waals surface area contributed by atoms with Gasteiger partial charge in [0, 0.05) is 10.9 Å². The molecule has 2 N–H and O–H groups in total. The topological polar surface area (TPSA) is 71.1 Å². The zero-order valence-corrected chi connectivity index (χ0v) is 15.5. The summed E-state index contributed by atoms with van der Waals surface area (Å²) in [4.78, 5) is 28.2. The van der Waals surface area contributed by atoms with Crippen molar-refractivity contribution in [3.63, 3.8) is 0 Å². The third kappa shape index (κ3) is 4.96. The standard InChI is InChI=1S/C18H23N3O2S/c1-11-7-6-8-13-12(2)9-15(20-16(11)13)24-10-14(22)19-17(23)21-18(3,4)5/h6-9H,10H2,1-5H3,(H2,19,21,22,23). The number of pyridine rings is 1. The smallest absolute Gasteiger partial charge is 0.321 e. The number of benzene rings is 1. The van der Waals surface area contributed by atoms with Crippen LogP contribution >= 0.6 is 11.8 Å². The van der Waals surface area contributed by atoms with Gasteiger partial charge in [-0.2, -0.15) is 0 Å². The molecule has 0 atom stereocenters. The second-order valence-electron chi connectivity index (χ2n) is 6.79. The summed E-state index contributed by atoms with van der Waals surface area (Å²) in [6.07, 6.45) is 0. The van der Waals surface area contributed by atoms with E-state index in [9.17, 15) is 9.59 Å². The first kappa shape index (κ1) is 18.3. The molecule has 0 spiro atoms. The van der Waals surface area contributed by atoms with Crippen LogP contribution < -0.4 is 10.6 Å². The largest absolute Gasteiger partial charge is 0.333 e. The number of nitrogens with one attached hydrogen (secondary N) is 2. The molecular weight excluding hydrogens is 322 g/mol. The second kappa shape index (κ2) is 7.21. The first-order valence-corrected chi connectivity index (χ1v) is 8.76. The van der Waals surface area contributed by atoms with E-state index in [1.807, 2.05) is 58.9 Å². The van der Waals surface area contributed by atoms with Crippen molar-refractivity contribution < 1.29 is 9.59 Å². The number of amides is 3. The van der Waals surface area contributed by atoms with Gasteiger partial charge in [-0.05, 0) is 51.8 Å². The maximum absolute atomic E-state index is 11.9. The predicted molar refractivity (Wildman–Crippen MR) is 98.4 cm³/mol. The second-order valence-corrected chi connectivity index (χ2v) is 7.79. The van der Waals surface area contributed by atoms with Crippen LogP contribution in [-0.2, 0) is 4.79 Å². The molecule has 0 radical (unpaired) electrons. The number of urea groups is 1. The lowest BCUT2D eigenvalue weighted by Gasteiger charge is -2.20. The summed E-state index contributed by atoms with van der Waals surface area (Å²) in [5.41, 5.74) is 2.79. The Bertz CT molecular complexity index is 782. The Kier molecular flexibility index (Phi) is 5.49. The van der Waals surface area contributed by atoms with E-state index in [0.29, 0.717) is 0 Å². The van der Waals surface area contributed by atoms with Crippen LogP contribution in [0.3, 0.4) is 0 Å². The van der Waals surface area contributed by atoms with Crippen LogP contribution in [0.25, 0.3) is 10.9 Å². The molecule has 1 aromatic heterocycles. The van der Waals surface area contributed by atoms with Gasteiger partial charge in [-0.25, -0.2) is 9.78 Å². The zero-order valence-electron chi connectivity index (χ0n) is 14.7. The van der Waals surface area contributed by atoms with Gasteiger partial charge >= 0.3 is 6.03 Å². The average Bonchev–Trinajstić information content (AvgIpc) is 2.44. The summed E-state index contributed by atoms with van der Waals surface area (Å²) in [7, 11) is 0. The van der Waals surface area contributed by atoms with Gasteiger partial charge in [0.2, 0.25) is 5.91 Å². The van der Waals surface area contributed by atoms with Crippen molar-refractivity contribution in [2.45, 2.75) is 45.2 Å². The van der Waals surface area contributed by atoms with E-state index in [1.54, 1.807) is 0 Å². The lowest BCUT2D eigenvalue weighted by atomic mass is 10.1. The van der Waals surface area contributed by atoms with Gasteiger partial charge in [-0.1, -0.05) is 30.0 Å². The quantitative estimate of drug-likeness (QED) is 0.834. The minimum atomic E-state index is -0.480. The van der Waals surface area contributed by atoms with E-state index in [2.05, 4.69) is 15.6 Å². The molecule has 2 rings (SSSR count). The minimum Gasteiger partial charge on any atom is -0.333 e. The number of hydrogen-bond acceptors (Lipinski definition) is 4. The number of rotatable bonds is 3.